The van der Waals surface area contributed by atoms with Gasteiger partial charge in [0.2, 0.25) is 0 Å². The van der Waals surface area contributed by atoms with Crippen molar-refractivity contribution in [2.75, 3.05) is 0 Å². The summed E-state index contributed by atoms with van der Waals surface area (Å²) in [5.41, 5.74) is 0.613. The van der Waals surface area contributed by atoms with Crippen LogP contribution in [0.3, 0.4) is 0 Å². The molecule has 1 nitrogen and oxygen atoms in total. The van der Waals surface area contributed by atoms with E-state index in [1.165, 1.54) is 24.3 Å². The molecule has 14 heavy (non-hydrogen) atoms. The van der Waals surface area contributed by atoms with Crippen molar-refractivity contribution in [3.63, 3.8) is 0 Å². The van der Waals surface area contributed by atoms with Crippen LogP contribution < -0.4 is 4.74 Å². The van der Waals surface area contributed by atoms with Crippen molar-refractivity contribution < 1.29 is 17.9 Å². The van der Waals surface area contributed by atoms with Crippen LogP contribution in [-0.4, -0.2) is 6.36 Å². The molecule has 1 aromatic carbocycles. The third-order valence-electron chi connectivity index (χ3n) is 1.40. The minimum absolute atomic E-state index is 0.229. The molecule has 0 N–H and O–H groups in total. The van der Waals surface area contributed by atoms with Gasteiger partial charge in [-0.05, 0) is 24.6 Å². The quantitative estimate of drug-likeness (QED) is 0.712. The van der Waals surface area contributed by atoms with Gasteiger partial charge in [-0.25, -0.2) is 0 Å². The third-order valence-corrected chi connectivity index (χ3v) is 1.40. The van der Waals surface area contributed by atoms with Gasteiger partial charge in [-0.1, -0.05) is 24.3 Å². The van der Waals surface area contributed by atoms with Crippen LogP contribution in [0, 0.1) is 6.92 Å². The van der Waals surface area contributed by atoms with Crippen LogP contribution in [0.15, 0.2) is 30.3 Å². The third kappa shape index (κ3) is 3.51. The van der Waals surface area contributed by atoms with Crippen molar-refractivity contribution >= 4 is 6.08 Å². The number of hydrogen-bond acceptors (Lipinski definition) is 1. The molecule has 0 fully saturated rings. The number of benzene rings is 1. The molecule has 1 aromatic rings. The first-order valence-electron chi connectivity index (χ1n) is 3.83. The van der Waals surface area contributed by atoms with E-state index in [4.69, 9.17) is 0 Å². The second kappa shape index (κ2) is 4.17. The predicted molar refractivity (Wildman–Crippen MR) is 47.5 cm³/mol. The molecule has 0 spiro atoms. The standard InChI is InChI=1S/C10H8F3O/c1-2-4-8-5-3-6-9(7-8)14-10(11,12)13/h2-7H,1H2/b4-2+. The smallest absolute Gasteiger partial charge is 0.406 e. The topological polar surface area (TPSA) is 9.23 Å². The highest BCUT2D eigenvalue weighted by atomic mass is 19.4. The Kier molecular flexibility index (Phi) is 3.17. The number of rotatable bonds is 2. The van der Waals surface area contributed by atoms with Crippen LogP contribution in [-0.2, 0) is 0 Å². The van der Waals surface area contributed by atoms with Gasteiger partial charge in [0.1, 0.15) is 5.75 Å². The second-order valence-electron chi connectivity index (χ2n) is 2.52. The number of alkyl halides is 3. The maximum absolute atomic E-state index is 11.8. The van der Waals surface area contributed by atoms with Crippen molar-refractivity contribution in [1.82, 2.24) is 0 Å². The average Bonchev–Trinajstić information content (AvgIpc) is 2.02. The highest BCUT2D eigenvalue weighted by Gasteiger charge is 2.30. The molecule has 0 aliphatic heterocycles. The summed E-state index contributed by atoms with van der Waals surface area (Å²) in [4.78, 5) is 0. The van der Waals surface area contributed by atoms with E-state index in [9.17, 15) is 13.2 Å². The molecule has 0 amide bonds. The van der Waals surface area contributed by atoms with Gasteiger partial charge in [0.25, 0.3) is 0 Å². The first-order chi connectivity index (χ1) is 6.51. The Morgan fingerprint density at radius 2 is 2.00 bits per heavy atom. The number of allylic oxidation sites excluding steroid dienone is 1. The van der Waals surface area contributed by atoms with Gasteiger partial charge >= 0.3 is 6.36 Å². The molecule has 75 valence electrons. The lowest BCUT2D eigenvalue weighted by Gasteiger charge is -2.08. The zero-order chi connectivity index (χ0) is 10.6. The Labute approximate surface area is 79.8 Å². The van der Waals surface area contributed by atoms with E-state index in [1.54, 1.807) is 12.1 Å². The fraction of sp³-hybridized carbons (Fsp3) is 0.100. The average molecular weight is 201 g/mol. The molecule has 0 bridgehead atoms. The summed E-state index contributed by atoms with van der Waals surface area (Å²) in [7, 11) is 0. The molecule has 4 heteroatoms. The summed E-state index contributed by atoms with van der Waals surface area (Å²) in [5.74, 6) is -0.229. The van der Waals surface area contributed by atoms with Crippen LogP contribution in [0.1, 0.15) is 5.56 Å². The maximum Gasteiger partial charge on any atom is 0.573 e. The molecule has 0 aliphatic rings. The number of hydrogen-bond donors (Lipinski definition) is 0. The van der Waals surface area contributed by atoms with E-state index in [0.29, 0.717) is 5.56 Å². The largest absolute Gasteiger partial charge is 0.573 e. The first-order valence-corrected chi connectivity index (χ1v) is 3.83. The highest BCUT2D eigenvalue weighted by Crippen LogP contribution is 2.23. The van der Waals surface area contributed by atoms with Gasteiger partial charge in [-0.3, -0.25) is 0 Å². The summed E-state index contributed by atoms with van der Waals surface area (Å²) < 4.78 is 39.2. The van der Waals surface area contributed by atoms with Gasteiger partial charge in [0, 0.05) is 0 Å². The molecule has 0 saturated carbocycles. The molecule has 1 radical (unpaired) electrons. The molecule has 0 aliphatic carbocycles. The Bertz CT molecular complexity index is 328. The molecular formula is C10H8F3O. The van der Waals surface area contributed by atoms with Gasteiger partial charge in [0.15, 0.2) is 0 Å². The highest BCUT2D eigenvalue weighted by molar-refractivity contribution is 5.51. The van der Waals surface area contributed by atoms with E-state index in [1.807, 2.05) is 0 Å². The van der Waals surface area contributed by atoms with Gasteiger partial charge in [-0.15, -0.1) is 13.2 Å². The summed E-state index contributed by atoms with van der Waals surface area (Å²) in [6, 6.07) is 5.67. The lowest BCUT2D eigenvalue weighted by molar-refractivity contribution is -0.274. The lowest BCUT2D eigenvalue weighted by atomic mass is 10.2. The van der Waals surface area contributed by atoms with Crippen molar-refractivity contribution in [3.8, 4) is 5.75 Å². The summed E-state index contributed by atoms with van der Waals surface area (Å²) in [6.07, 6.45) is -1.57. The van der Waals surface area contributed by atoms with E-state index in [0.717, 1.165) is 0 Å². The molecule has 0 heterocycles. The molecule has 0 unspecified atom stereocenters. The SMILES string of the molecule is [CH2]/C=C/c1cccc(OC(F)(F)F)c1. The summed E-state index contributed by atoms with van der Waals surface area (Å²) in [5, 5.41) is 0. The number of halogens is 3. The fourth-order valence-corrected chi connectivity index (χ4v) is 0.951. The van der Waals surface area contributed by atoms with E-state index in [-0.39, 0.29) is 5.75 Å². The van der Waals surface area contributed by atoms with Crippen LogP contribution in [0.2, 0.25) is 0 Å². The number of ether oxygens (including phenoxy) is 1. The van der Waals surface area contributed by atoms with E-state index >= 15 is 0 Å². The molecule has 0 atom stereocenters. The van der Waals surface area contributed by atoms with Crippen molar-refractivity contribution in [2.45, 2.75) is 6.36 Å². The van der Waals surface area contributed by atoms with Crippen LogP contribution in [0.25, 0.3) is 6.08 Å². The fourth-order valence-electron chi connectivity index (χ4n) is 0.951. The maximum atomic E-state index is 11.8. The molecule has 1 rings (SSSR count). The van der Waals surface area contributed by atoms with Crippen molar-refractivity contribution in [2.24, 2.45) is 0 Å². The lowest BCUT2D eigenvalue weighted by Crippen LogP contribution is -2.17. The van der Waals surface area contributed by atoms with Crippen molar-refractivity contribution in [3.05, 3.63) is 42.8 Å². The van der Waals surface area contributed by atoms with E-state index in [2.05, 4.69) is 11.7 Å². The van der Waals surface area contributed by atoms with Gasteiger partial charge < -0.3 is 4.74 Å². The Balaban J connectivity index is 2.84. The van der Waals surface area contributed by atoms with Crippen LogP contribution >= 0.6 is 0 Å². The Morgan fingerprint density at radius 1 is 1.29 bits per heavy atom. The normalized spacial score (nSPS) is 12.0. The Hall–Kier alpha value is -1.45. The first kappa shape index (κ1) is 10.6. The minimum atomic E-state index is -4.65. The summed E-state index contributed by atoms with van der Waals surface area (Å²) >= 11 is 0. The zero-order valence-electron chi connectivity index (χ0n) is 7.21. The summed E-state index contributed by atoms with van der Waals surface area (Å²) in [6.45, 7) is 3.44. The monoisotopic (exact) mass is 201 g/mol. The van der Waals surface area contributed by atoms with Crippen LogP contribution in [0.4, 0.5) is 13.2 Å². The predicted octanol–water partition coefficient (Wildman–Crippen LogP) is 3.43. The van der Waals surface area contributed by atoms with Crippen molar-refractivity contribution in [1.29, 1.82) is 0 Å². The second-order valence-corrected chi connectivity index (χ2v) is 2.52. The molecule has 0 aromatic heterocycles. The van der Waals surface area contributed by atoms with Crippen LogP contribution in [0.5, 0.6) is 5.75 Å². The Morgan fingerprint density at radius 3 is 2.57 bits per heavy atom. The zero-order valence-corrected chi connectivity index (χ0v) is 7.21. The molecular weight excluding hydrogens is 193 g/mol. The minimum Gasteiger partial charge on any atom is -0.406 e. The van der Waals surface area contributed by atoms with E-state index < -0.39 is 6.36 Å². The molecule has 0 saturated heterocycles. The van der Waals surface area contributed by atoms with Gasteiger partial charge in [0.05, 0.1) is 0 Å². The van der Waals surface area contributed by atoms with Gasteiger partial charge in [-0.2, -0.15) is 0 Å².